The highest BCUT2D eigenvalue weighted by Gasteiger charge is 2.16. The molecule has 1 aliphatic heterocycles. The summed E-state index contributed by atoms with van der Waals surface area (Å²) in [5, 5.41) is 3.33. The fourth-order valence-corrected chi connectivity index (χ4v) is 2.58. The van der Waals surface area contributed by atoms with E-state index in [1.807, 2.05) is 54.3 Å². The van der Waals surface area contributed by atoms with E-state index in [0.717, 1.165) is 34.3 Å². The van der Waals surface area contributed by atoms with E-state index in [2.05, 4.69) is 15.3 Å². The summed E-state index contributed by atoms with van der Waals surface area (Å²) in [5.74, 6) is 2.36. The summed E-state index contributed by atoms with van der Waals surface area (Å²) in [7, 11) is 1.98. The number of fused-ring (bicyclic) bond motifs is 1. The van der Waals surface area contributed by atoms with Crippen LogP contribution in [0.15, 0.2) is 48.9 Å². The van der Waals surface area contributed by atoms with Crippen molar-refractivity contribution in [2.45, 2.75) is 6.54 Å². The third-order valence-electron chi connectivity index (χ3n) is 3.83. The molecule has 1 aliphatic rings. The fourth-order valence-electron chi connectivity index (χ4n) is 2.58. The Balaban J connectivity index is 1.56. The summed E-state index contributed by atoms with van der Waals surface area (Å²) >= 11 is 0. The first kappa shape index (κ1) is 13.6. The number of nitrogens with one attached hydrogen (secondary N) is 1. The molecule has 0 aliphatic carbocycles. The van der Waals surface area contributed by atoms with Gasteiger partial charge in [-0.25, -0.2) is 4.98 Å². The van der Waals surface area contributed by atoms with Crippen molar-refractivity contribution in [1.82, 2.24) is 14.5 Å². The number of pyridine rings is 1. The average Bonchev–Trinajstić information content (AvgIpc) is 3.19. The standard InChI is InChI=1S/C17H16N4O2/c1-21-14(13-4-5-15-16(7-13)23-11-22-15)10-20-17(21)19-9-12-3-2-6-18-8-12/h2-8,10H,9,11H2,1H3,(H,19,20). The lowest BCUT2D eigenvalue weighted by atomic mass is 10.1. The molecule has 0 amide bonds. The molecule has 3 aromatic rings. The maximum Gasteiger partial charge on any atom is 0.231 e. The number of hydrogen-bond acceptors (Lipinski definition) is 5. The van der Waals surface area contributed by atoms with E-state index in [0.29, 0.717) is 6.54 Å². The SMILES string of the molecule is Cn1c(-c2ccc3c(c2)OCO3)cnc1NCc1cccnc1. The highest BCUT2D eigenvalue weighted by molar-refractivity contribution is 5.66. The Kier molecular flexibility index (Phi) is 3.34. The van der Waals surface area contributed by atoms with Crippen LogP contribution < -0.4 is 14.8 Å². The molecule has 3 heterocycles. The molecule has 0 radical (unpaired) electrons. The number of aromatic nitrogens is 3. The zero-order valence-electron chi connectivity index (χ0n) is 12.7. The predicted octanol–water partition coefficient (Wildman–Crippen LogP) is 2.82. The van der Waals surface area contributed by atoms with Crippen LogP contribution in [0, 0.1) is 0 Å². The van der Waals surface area contributed by atoms with Crippen molar-refractivity contribution in [3.8, 4) is 22.8 Å². The first-order chi connectivity index (χ1) is 11.3. The van der Waals surface area contributed by atoms with Crippen LogP contribution in [-0.4, -0.2) is 21.3 Å². The molecule has 0 spiro atoms. The minimum absolute atomic E-state index is 0.280. The molecule has 0 saturated carbocycles. The minimum Gasteiger partial charge on any atom is -0.454 e. The smallest absolute Gasteiger partial charge is 0.231 e. The Bertz CT molecular complexity index is 830. The second kappa shape index (κ2) is 5.64. The number of nitrogens with zero attached hydrogens (tertiary/aromatic N) is 3. The van der Waals surface area contributed by atoms with E-state index in [4.69, 9.17) is 9.47 Å². The van der Waals surface area contributed by atoms with Gasteiger partial charge in [-0.3, -0.25) is 4.98 Å². The van der Waals surface area contributed by atoms with E-state index in [1.54, 1.807) is 6.20 Å². The summed E-state index contributed by atoms with van der Waals surface area (Å²) in [6.07, 6.45) is 5.46. The molecule has 0 atom stereocenters. The number of benzene rings is 1. The Morgan fingerprint density at radius 3 is 2.96 bits per heavy atom. The van der Waals surface area contributed by atoms with Crippen molar-refractivity contribution in [2.75, 3.05) is 12.1 Å². The van der Waals surface area contributed by atoms with Gasteiger partial charge < -0.3 is 19.4 Å². The van der Waals surface area contributed by atoms with Crippen LogP contribution in [0.5, 0.6) is 11.5 Å². The molecule has 0 unspecified atom stereocenters. The second-order valence-corrected chi connectivity index (χ2v) is 5.31. The number of rotatable bonds is 4. The molecule has 1 N–H and O–H groups in total. The fraction of sp³-hybridized carbons (Fsp3) is 0.176. The second-order valence-electron chi connectivity index (χ2n) is 5.31. The van der Waals surface area contributed by atoms with Crippen molar-refractivity contribution in [3.05, 3.63) is 54.5 Å². The van der Waals surface area contributed by atoms with Crippen LogP contribution in [0.2, 0.25) is 0 Å². The zero-order valence-corrected chi connectivity index (χ0v) is 12.7. The number of hydrogen-bond donors (Lipinski definition) is 1. The first-order valence-corrected chi connectivity index (χ1v) is 7.36. The zero-order chi connectivity index (χ0) is 15.6. The molecule has 23 heavy (non-hydrogen) atoms. The van der Waals surface area contributed by atoms with Crippen molar-refractivity contribution in [2.24, 2.45) is 7.05 Å². The van der Waals surface area contributed by atoms with Gasteiger partial charge in [0.1, 0.15) is 0 Å². The molecule has 0 saturated heterocycles. The Morgan fingerprint density at radius 1 is 1.17 bits per heavy atom. The van der Waals surface area contributed by atoms with Crippen LogP contribution in [0.1, 0.15) is 5.56 Å². The van der Waals surface area contributed by atoms with Gasteiger partial charge in [0.15, 0.2) is 11.5 Å². The molecule has 0 fully saturated rings. The third kappa shape index (κ3) is 2.59. The van der Waals surface area contributed by atoms with Crippen molar-refractivity contribution in [3.63, 3.8) is 0 Å². The molecule has 2 aromatic heterocycles. The van der Waals surface area contributed by atoms with Gasteiger partial charge in [-0.1, -0.05) is 6.07 Å². The van der Waals surface area contributed by atoms with Gasteiger partial charge >= 0.3 is 0 Å². The number of anilines is 1. The van der Waals surface area contributed by atoms with Gasteiger partial charge in [0.25, 0.3) is 0 Å². The summed E-state index contributed by atoms with van der Waals surface area (Å²) < 4.78 is 12.8. The van der Waals surface area contributed by atoms with Crippen LogP contribution in [0.25, 0.3) is 11.3 Å². The molecule has 116 valence electrons. The summed E-state index contributed by atoms with van der Waals surface area (Å²) in [6, 6.07) is 9.86. The summed E-state index contributed by atoms with van der Waals surface area (Å²) in [6.45, 7) is 0.960. The lowest BCUT2D eigenvalue weighted by Gasteiger charge is -2.08. The maximum atomic E-state index is 5.44. The van der Waals surface area contributed by atoms with E-state index in [9.17, 15) is 0 Å². The Labute approximate surface area is 133 Å². The Hall–Kier alpha value is -3.02. The monoisotopic (exact) mass is 308 g/mol. The van der Waals surface area contributed by atoms with Gasteiger partial charge in [-0.2, -0.15) is 0 Å². The van der Waals surface area contributed by atoms with Gasteiger partial charge in [0, 0.05) is 31.5 Å². The van der Waals surface area contributed by atoms with Gasteiger partial charge in [0.05, 0.1) is 11.9 Å². The van der Waals surface area contributed by atoms with Crippen LogP contribution in [0.3, 0.4) is 0 Å². The van der Waals surface area contributed by atoms with Gasteiger partial charge in [-0.15, -0.1) is 0 Å². The molecule has 6 nitrogen and oxygen atoms in total. The normalized spacial score (nSPS) is 12.4. The Morgan fingerprint density at radius 2 is 2.09 bits per heavy atom. The molecule has 6 heteroatoms. The van der Waals surface area contributed by atoms with Gasteiger partial charge in [-0.05, 0) is 29.8 Å². The molecular formula is C17H16N4O2. The first-order valence-electron chi connectivity index (χ1n) is 7.36. The molecule has 4 rings (SSSR count). The topological polar surface area (TPSA) is 61.2 Å². The largest absolute Gasteiger partial charge is 0.454 e. The number of ether oxygens (including phenoxy) is 2. The van der Waals surface area contributed by atoms with E-state index < -0.39 is 0 Å². The van der Waals surface area contributed by atoms with Crippen LogP contribution >= 0.6 is 0 Å². The predicted molar refractivity (Wildman–Crippen MR) is 86.3 cm³/mol. The summed E-state index contributed by atoms with van der Waals surface area (Å²) in [5.41, 5.74) is 3.16. The van der Waals surface area contributed by atoms with E-state index in [-0.39, 0.29) is 6.79 Å². The van der Waals surface area contributed by atoms with Gasteiger partial charge in [0.2, 0.25) is 12.7 Å². The van der Waals surface area contributed by atoms with Crippen molar-refractivity contribution >= 4 is 5.95 Å². The van der Waals surface area contributed by atoms with Crippen LogP contribution in [0.4, 0.5) is 5.95 Å². The molecule has 0 bridgehead atoms. The van der Waals surface area contributed by atoms with Crippen LogP contribution in [-0.2, 0) is 13.6 Å². The maximum absolute atomic E-state index is 5.44. The highest BCUT2D eigenvalue weighted by Crippen LogP contribution is 2.36. The molecular weight excluding hydrogens is 292 g/mol. The highest BCUT2D eigenvalue weighted by atomic mass is 16.7. The third-order valence-corrected chi connectivity index (χ3v) is 3.83. The lowest BCUT2D eigenvalue weighted by molar-refractivity contribution is 0.174. The minimum atomic E-state index is 0.280. The number of imidazole rings is 1. The molecule has 1 aromatic carbocycles. The van der Waals surface area contributed by atoms with E-state index >= 15 is 0 Å². The van der Waals surface area contributed by atoms with Crippen molar-refractivity contribution in [1.29, 1.82) is 0 Å². The van der Waals surface area contributed by atoms with Crippen molar-refractivity contribution < 1.29 is 9.47 Å². The quantitative estimate of drug-likeness (QED) is 0.803. The summed E-state index contributed by atoms with van der Waals surface area (Å²) in [4.78, 5) is 8.57. The average molecular weight is 308 g/mol. The van der Waals surface area contributed by atoms with E-state index in [1.165, 1.54) is 0 Å². The lowest BCUT2D eigenvalue weighted by Crippen LogP contribution is -2.05.